The van der Waals surface area contributed by atoms with Crippen LogP contribution in [0.3, 0.4) is 0 Å². The van der Waals surface area contributed by atoms with E-state index in [2.05, 4.69) is 14.7 Å². The molecule has 0 aromatic carbocycles. The average molecular weight is 355 g/mol. The van der Waals surface area contributed by atoms with E-state index in [4.69, 9.17) is 10.5 Å². The van der Waals surface area contributed by atoms with Gasteiger partial charge < -0.3 is 15.0 Å². The summed E-state index contributed by atoms with van der Waals surface area (Å²) in [4.78, 5) is 8.90. The fraction of sp³-hybridized carbons (Fsp3) is 0.600. The lowest BCUT2D eigenvalue weighted by atomic mass is 10.2. The molecule has 0 radical (unpaired) electrons. The number of nitrogens with two attached hydrogens (primary N) is 1. The fourth-order valence-corrected chi connectivity index (χ4v) is 3.32. The maximum atomic E-state index is 11.6. The molecule has 0 amide bonds. The molecule has 2 aromatic rings. The lowest BCUT2D eigenvalue weighted by Gasteiger charge is -2.12. The summed E-state index contributed by atoms with van der Waals surface area (Å²) in [5, 5.41) is 0. The van der Waals surface area contributed by atoms with Crippen LogP contribution in [0.5, 0.6) is 0 Å². The SMILES string of the molecule is CCOCc1nc2c(N)nc(C)c(C)c2n1CCCS(=O)(=O)NC. The summed E-state index contributed by atoms with van der Waals surface area (Å²) < 4.78 is 33.1. The third-order valence-electron chi connectivity index (χ3n) is 4.02. The lowest BCUT2D eigenvalue weighted by molar-refractivity contribution is 0.126. The number of anilines is 1. The molecule has 0 saturated carbocycles. The zero-order valence-corrected chi connectivity index (χ0v) is 15.4. The van der Waals surface area contributed by atoms with Crippen LogP contribution in [0.4, 0.5) is 5.82 Å². The van der Waals surface area contributed by atoms with Crippen LogP contribution in [0, 0.1) is 13.8 Å². The summed E-state index contributed by atoms with van der Waals surface area (Å²) in [5.74, 6) is 1.17. The highest BCUT2D eigenvalue weighted by molar-refractivity contribution is 7.89. The van der Waals surface area contributed by atoms with Crippen molar-refractivity contribution in [1.29, 1.82) is 0 Å². The molecule has 3 N–H and O–H groups in total. The number of nitrogens with zero attached hydrogens (tertiary/aromatic N) is 3. The Hall–Kier alpha value is -1.71. The van der Waals surface area contributed by atoms with E-state index in [1.807, 2.05) is 25.3 Å². The van der Waals surface area contributed by atoms with Gasteiger partial charge in [-0.15, -0.1) is 0 Å². The van der Waals surface area contributed by atoms with Crippen molar-refractivity contribution in [3.8, 4) is 0 Å². The van der Waals surface area contributed by atoms with Gasteiger partial charge in [-0.3, -0.25) is 0 Å². The number of nitrogen functional groups attached to an aromatic ring is 1. The van der Waals surface area contributed by atoms with Gasteiger partial charge in [0.1, 0.15) is 17.9 Å². The van der Waals surface area contributed by atoms with Crippen molar-refractivity contribution in [3.05, 3.63) is 17.1 Å². The minimum atomic E-state index is -3.23. The highest BCUT2D eigenvalue weighted by Gasteiger charge is 2.18. The standard InChI is InChI=1S/C15H25N5O3S/c1-5-23-9-12-19-13-14(10(2)11(3)18-15(13)16)20(12)7-6-8-24(21,22)17-4/h17H,5-9H2,1-4H3,(H2,16,18). The largest absolute Gasteiger partial charge is 0.382 e. The molecule has 0 spiro atoms. The molecule has 0 aliphatic rings. The Balaban J connectivity index is 2.43. The van der Waals surface area contributed by atoms with Crippen LogP contribution in [0.1, 0.15) is 30.4 Å². The van der Waals surface area contributed by atoms with Crippen molar-refractivity contribution < 1.29 is 13.2 Å². The van der Waals surface area contributed by atoms with Crippen LogP contribution in [0.25, 0.3) is 11.0 Å². The minimum absolute atomic E-state index is 0.0514. The predicted octanol–water partition coefficient (Wildman–Crippen LogP) is 1.11. The predicted molar refractivity (Wildman–Crippen MR) is 94.2 cm³/mol. The van der Waals surface area contributed by atoms with Gasteiger partial charge in [0.05, 0.1) is 11.3 Å². The zero-order chi connectivity index (χ0) is 17.9. The maximum absolute atomic E-state index is 11.6. The number of fused-ring (bicyclic) bond motifs is 1. The molecule has 9 heteroatoms. The van der Waals surface area contributed by atoms with Crippen molar-refractivity contribution in [1.82, 2.24) is 19.3 Å². The molecule has 0 fully saturated rings. The second-order valence-electron chi connectivity index (χ2n) is 5.60. The number of rotatable bonds is 8. The van der Waals surface area contributed by atoms with Crippen molar-refractivity contribution in [2.75, 3.05) is 25.1 Å². The molecule has 2 heterocycles. The number of aryl methyl sites for hydroxylation is 3. The third-order valence-corrected chi connectivity index (χ3v) is 5.46. The monoisotopic (exact) mass is 355 g/mol. The van der Waals surface area contributed by atoms with Crippen LogP contribution >= 0.6 is 0 Å². The molecular weight excluding hydrogens is 330 g/mol. The molecule has 0 unspecified atom stereocenters. The van der Waals surface area contributed by atoms with Gasteiger partial charge in [0.15, 0.2) is 5.82 Å². The van der Waals surface area contributed by atoms with Gasteiger partial charge in [-0.2, -0.15) is 0 Å². The highest BCUT2D eigenvalue weighted by Crippen LogP contribution is 2.26. The highest BCUT2D eigenvalue weighted by atomic mass is 32.2. The Bertz CT molecular complexity index is 829. The molecule has 24 heavy (non-hydrogen) atoms. The van der Waals surface area contributed by atoms with Crippen LogP contribution in [0.2, 0.25) is 0 Å². The van der Waals surface area contributed by atoms with E-state index in [1.165, 1.54) is 7.05 Å². The van der Waals surface area contributed by atoms with E-state index in [-0.39, 0.29) is 5.75 Å². The van der Waals surface area contributed by atoms with Gasteiger partial charge in [0.2, 0.25) is 10.0 Å². The number of aromatic nitrogens is 3. The van der Waals surface area contributed by atoms with Crippen molar-refractivity contribution >= 4 is 26.9 Å². The van der Waals surface area contributed by atoms with Crippen LogP contribution in [0.15, 0.2) is 0 Å². The van der Waals surface area contributed by atoms with Gasteiger partial charge in [-0.1, -0.05) is 0 Å². The maximum Gasteiger partial charge on any atom is 0.211 e. The van der Waals surface area contributed by atoms with E-state index in [0.29, 0.717) is 37.5 Å². The first-order valence-corrected chi connectivity index (χ1v) is 9.56. The van der Waals surface area contributed by atoms with Crippen LogP contribution in [-0.2, 0) is 27.9 Å². The minimum Gasteiger partial charge on any atom is -0.382 e. The first-order chi connectivity index (χ1) is 11.3. The molecule has 0 atom stereocenters. The van der Waals surface area contributed by atoms with Crippen molar-refractivity contribution in [3.63, 3.8) is 0 Å². The molecule has 8 nitrogen and oxygen atoms in total. The van der Waals surface area contributed by atoms with Gasteiger partial charge in [-0.05, 0) is 39.8 Å². The Morgan fingerprint density at radius 1 is 1.29 bits per heavy atom. The third kappa shape index (κ3) is 3.85. The molecule has 0 aliphatic carbocycles. The molecule has 0 bridgehead atoms. The first kappa shape index (κ1) is 18.6. The van der Waals surface area contributed by atoms with Crippen molar-refractivity contribution in [2.45, 2.75) is 40.3 Å². The molecule has 2 rings (SSSR count). The molecule has 2 aromatic heterocycles. The fourth-order valence-electron chi connectivity index (χ4n) is 2.61. The van der Waals surface area contributed by atoms with Gasteiger partial charge >= 0.3 is 0 Å². The zero-order valence-electron chi connectivity index (χ0n) is 14.6. The lowest BCUT2D eigenvalue weighted by Crippen LogP contribution is -2.23. The molecule has 134 valence electrons. The summed E-state index contributed by atoms with van der Waals surface area (Å²) in [7, 11) is -1.82. The molecule has 0 saturated heterocycles. The first-order valence-electron chi connectivity index (χ1n) is 7.91. The Morgan fingerprint density at radius 3 is 2.62 bits per heavy atom. The quantitative estimate of drug-likeness (QED) is 0.733. The topological polar surface area (TPSA) is 112 Å². The average Bonchev–Trinajstić information content (AvgIpc) is 2.90. The van der Waals surface area contributed by atoms with E-state index >= 15 is 0 Å². The number of sulfonamides is 1. The second kappa shape index (κ2) is 7.45. The summed E-state index contributed by atoms with van der Waals surface area (Å²) in [6.07, 6.45) is 0.467. The smallest absolute Gasteiger partial charge is 0.211 e. The normalized spacial score (nSPS) is 12.2. The number of hydrogen-bond donors (Lipinski definition) is 2. The summed E-state index contributed by atoms with van der Waals surface area (Å²) >= 11 is 0. The van der Waals surface area contributed by atoms with Crippen molar-refractivity contribution in [2.24, 2.45) is 0 Å². The van der Waals surface area contributed by atoms with Crippen LogP contribution < -0.4 is 10.5 Å². The summed E-state index contributed by atoms with van der Waals surface area (Å²) in [6.45, 7) is 7.22. The van der Waals surface area contributed by atoms with Crippen LogP contribution in [-0.4, -0.2) is 42.4 Å². The number of nitrogens with one attached hydrogen (secondary N) is 1. The number of pyridine rings is 1. The molecule has 0 aliphatic heterocycles. The molecular formula is C15H25N5O3S. The van der Waals surface area contributed by atoms with E-state index < -0.39 is 10.0 Å². The number of imidazole rings is 1. The Kier molecular flexibility index (Phi) is 5.79. The van der Waals surface area contributed by atoms with E-state index in [9.17, 15) is 8.42 Å². The summed E-state index contributed by atoms with van der Waals surface area (Å²) in [5.41, 5.74) is 9.40. The van der Waals surface area contributed by atoms with Gasteiger partial charge in [0, 0.05) is 18.8 Å². The Labute approximate surface area is 142 Å². The van der Waals surface area contributed by atoms with Gasteiger partial charge in [-0.25, -0.2) is 23.1 Å². The van der Waals surface area contributed by atoms with E-state index in [0.717, 1.165) is 22.6 Å². The Morgan fingerprint density at radius 2 is 2.00 bits per heavy atom. The number of hydrogen-bond acceptors (Lipinski definition) is 6. The second-order valence-corrected chi connectivity index (χ2v) is 7.64. The van der Waals surface area contributed by atoms with Gasteiger partial charge in [0.25, 0.3) is 0 Å². The number of ether oxygens (including phenoxy) is 1. The van der Waals surface area contributed by atoms with E-state index in [1.54, 1.807) is 0 Å². The summed E-state index contributed by atoms with van der Waals surface area (Å²) in [6, 6.07) is 0.